The third kappa shape index (κ3) is 8.54. The molecule has 3 nitrogen and oxygen atoms in total. The van der Waals surface area contributed by atoms with Crippen LogP contribution in [0.15, 0.2) is 138 Å². The van der Waals surface area contributed by atoms with Gasteiger partial charge in [0, 0.05) is 45.0 Å². The van der Waals surface area contributed by atoms with Gasteiger partial charge in [-0.1, -0.05) is 162 Å². The van der Waals surface area contributed by atoms with Crippen LogP contribution in [0.5, 0.6) is 0 Å². The third-order valence-electron chi connectivity index (χ3n) is 10.9. The smallest absolute Gasteiger partial charge is 0.133 e. The fourth-order valence-corrected chi connectivity index (χ4v) is 8.80. The van der Waals surface area contributed by atoms with Crippen molar-refractivity contribution >= 4 is 35.2 Å². The number of furan rings is 1. The molecule has 0 unspecified atom stereocenters. The molecule has 0 atom stereocenters. The quantitative estimate of drug-likeness (QED) is 0.0957. The number of hydrogen-bond acceptors (Lipinski definition) is 1. The van der Waals surface area contributed by atoms with Gasteiger partial charge >= 0.3 is 0 Å². The van der Waals surface area contributed by atoms with Crippen LogP contribution in [0.2, 0.25) is 19.6 Å². The van der Waals surface area contributed by atoms with Crippen LogP contribution in [0.25, 0.3) is 66.7 Å². The second-order valence-electron chi connectivity index (χ2n) is 17.4. The molecular formula is C53H54IrN2OSi-2. The van der Waals surface area contributed by atoms with Crippen LogP contribution >= 0.6 is 0 Å². The molecule has 0 spiro atoms. The second-order valence-corrected chi connectivity index (χ2v) is 22.5. The van der Waals surface area contributed by atoms with E-state index >= 15 is 0 Å². The van der Waals surface area contributed by atoms with E-state index < -0.39 is 8.07 Å². The topological polar surface area (TPSA) is 20.9 Å². The molecule has 0 bridgehead atoms. The number of hydrogen-bond donors (Lipinski definition) is 0. The molecule has 3 aromatic heterocycles. The summed E-state index contributed by atoms with van der Waals surface area (Å²) in [5, 5.41) is 3.61. The van der Waals surface area contributed by atoms with Crippen molar-refractivity contribution in [2.75, 3.05) is 0 Å². The predicted octanol–water partition coefficient (Wildman–Crippen LogP) is 12.6. The van der Waals surface area contributed by atoms with Crippen LogP contribution in [-0.2, 0) is 25.5 Å². The first-order valence-electron chi connectivity index (χ1n) is 19.6. The van der Waals surface area contributed by atoms with Gasteiger partial charge in [-0.3, -0.25) is 0 Å². The van der Waals surface area contributed by atoms with Gasteiger partial charge in [-0.25, -0.2) is 0 Å². The van der Waals surface area contributed by atoms with Crippen molar-refractivity contribution in [1.82, 2.24) is 0 Å². The monoisotopic (exact) mass is 955 g/mol. The Morgan fingerprint density at radius 1 is 0.586 bits per heavy atom. The normalized spacial score (nSPS) is 11.6. The maximum Gasteiger partial charge on any atom is 0.133 e. The summed E-state index contributed by atoms with van der Waals surface area (Å²) in [4.78, 5) is 0. The van der Waals surface area contributed by atoms with Gasteiger partial charge in [-0.15, -0.1) is 22.8 Å². The Hall–Kier alpha value is -5.45. The zero-order valence-electron chi connectivity index (χ0n) is 35.2. The Kier molecular flexibility index (Phi) is 11.9. The predicted molar refractivity (Wildman–Crippen MR) is 244 cm³/mol. The molecule has 0 aliphatic carbocycles. The van der Waals surface area contributed by atoms with Gasteiger partial charge in [0.1, 0.15) is 5.58 Å². The van der Waals surface area contributed by atoms with Crippen LogP contribution in [0.3, 0.4) is 0 Å². The molecule has 5 heteroatoms. The summed E-state index contributed by atoms with van der Waals surface area (Å²) < 4.78 is 10.4. The van der Waals surface area contributed by atoms with Crippen molar-refractivity contribution in [2.24, 2.45) is 0 Å². The minimum atomic E-state index is -1.30. The average molecular weight is 955 g/mol. The Morgan fingerprint density at radius 3 is 1.84 bits per heavy atom. The van der Waals surface area contributed by atoms with Crippen molar-refractivity contribution in [3.05, 3.63) is 189 Å². The summed E-state index contributed by atoms with van der Waals surface area (Å²) in [5.41, 5.74) is 16.6. The summed E-state index contributed by atoms with van der Waals surface area (Å²) in [6, 6.07) is 43.0. The SMILES string of the molecule is [CH2-]c1cc(C)cc(C)c1-c1ccc([Si](C)(C)C)c[n+]1[CH2-].[CH2-]c1ccc2c(oc3ccc(-c4ccc(-c5ccccc5)cc4)cc32)c1-c1cc(C(C)(C)C)cc[n+]1[CH2-].[Ir]. The molecule has 0 N–H and O–H groups in total. The average Bonchev–Trinajstić information content (AvgIpc) is 3.53. The molecule has 0 aliphatic heterocycles. The molecule has 5 aromatic carbocycles. The molecule has 297 valence electrons. The molecule has 0 saturated heterocycles. The summed E-state index contributed by atoms with van der Waals surface area (Å²) in [6.45, 7) is 26.5. The first-order valence-corrected chi connectivity index (χ1v) is 23.1. The summed E-state index contributed by atoms with van der Waals surface area (Å²) in [6.07, 6.45) is 4.20. The summed E-state index contributed by atoms with van der Waals surface area (Å²) in [7, 11) is 7.14. The van der Waals surface area contributed by atoms with E-state index in [0.717, 1.165) is 55.6 Å². The molecule has 8 aromatic rings. The van der Waals surface area contributed by atoms with Gasteiger partial charge in [-0.05, 0) is 39.8 Å². The first kappa shape index (κ1) is 42.2. The van der Waals surface area contributed by atoms with Crippen LogP contribution < -0.4 is 14.3 Å². The van der Waals surface area contributed by atoms with Crippen LogP contribution in [-0.4, -0.2) is 8.07 Å². The Bertz CT molecular complexity index is 2730. The van der Waals surface area contributed by atoms with Crippen molar-refractivity contribution < 1.29 is 33.7 Å². The number of aromatic nitrogens is 2. The Morgan fingerprint density at radius 2 is 1.22 bits per heavy atom. The van der Waals surface area contributed by atoms with Gasteiger partial charge in [0.2, 0.25) is 0 Å². The minimum Gasteiger partial charge on any atom is -0.469 e. The van der Waals surface area contributed by atoms with E-state index in [-0.39, 0.29) is 25.5 Å². The number of pyridine rings is 2. The molecule has 1 radical (unpaired) electrons. The molecule has 3 heterocycles. The van der Waals surface area contributed by atoms with Gasteiger partial charge in [0.25, 0.3) is 0 Å². The van der Waals surface area contributed by atoms with E-state index in [1.165, 1.54) is 44.1 Å². The van der Waals surface area contributed by atoms with E-state index in [2.05, 4.69) is 204 Å². The van der Waals surface area contributed by atoms with E-state index in [1.807, 2.05) is 21.4 Å². The summed E-state index contributed by atoms with van der Waals surface area (Å²) >= 11 is 0. The first-order chi connectivity index (χ1) is 27.0. The molecule has 0 aliphatic rings. The fraction of sp³-hybridized carbons (Fsp3) is 0.170. The van der Waals surface area contributed by atoms with Crippen LogP contribution in [0, 0.1) is 41.8 Å². The molecule has 58 heavy (non-hydrogen) atoms. The van der Waals surface area contributed by atoms with Gasteiger partial charge in [-0.2, -0.15) is 37.1 Å². The van der Waals surface area contributed by atoms with E-state index in [4.69, 9.17) is 4.42 Å². The number of fused-ring (bicyclic) bond motifs is 3. The number of benzene rings is 5. The third-order valence-corrected chi connectivity index (χ3v) is 12.9. The Labute approximate surface area is 360 Å². The molecule has 0 fully saturated rings. The Balaban J connectivity index is 0.000000230. The fourth-order valence-electron chi connectivity index (χ4n) is 7.68. The number of nitrogens with zero attached hydrogens (tertiary/aromatic N) is 2. The van der Waals surface area contributed by atoms with Gasteiger partial charge in [0.05, 0.1) is 37.4 Å². The van der Waals surface area contributed by atoms with Gasteiger partial charge in [0.15, 0.2) is 0 Å². The van der Waals surface area contributed by atoms with E-state index in [1.54, 1.807) is 0 Å². The standard InChI is InChI=1S/C35H30NO.C18H24NSi.Ir/c1-23-11-17-29-30-21-27(26-14-12-25(13-15-26)24-9-7-6-8-10-24)16-18-32(30)37-34(29)33(23)31-22-28(35(2,3)4)19-20-36(31)5;1-13-10-14(2)18(15(3)11-13)17-9-8-16(12-19(17)4)20(5,6)7;/h6-22H,1,5H2,2-4H3;8-12H,2,4H2,1,3,5-7H3;/q2*-1;. The molecule has 0 amide bonds. The van der Waals surface area contributed by atoms with Crippen LogP contribution in [0.4, 0.5) is 0 Å². The van der Waals surface area contributed by atoms with Crippen molar-refractivity contribution in [3.63, 3.8) is 0 Å². The molecular weight excluding hydrogens is 901 g/mol. The van der Waals surface area contributed by atoms with Gasteiger partial charge < -0.3 is 13.6 Å². The number of rotatable bonds is 5. The zero-order valence-corrected chi connectivity index (χ0v) is 38.6. The van der Waals surface area contributed by atoms with E-state index in [0.29, 0.717) is 0 Å². The molecule has 8 rings (SSSR count). The number of aryl methyl sites for hydroxylation is 2. The zero-order chi connectivity index (χ0) is 40.8. The second kappa shape index (κ2) is 16.4. The minimum absolute atomic E-state index is 0. The maximum atomic E-state index is 6.49. The van der Waals surface area contributed by atoms with Crippen molar-refractivity contribution in [2.45, 2.75) is 59.7 Å². The summed E-state index contributed by atoms with van der Waals surface area (Å²) in [5.74, 6) is 0. The molecule has 0 saturated carbocycles. The maximum absolute atomic E-state index is 6.49. The van der Waals surface area contributed by atoms with Crippen molar-refractivity contribution in [1.29, 1.82) is 0 Å². The van der Waals surface area contributed by atoms with E-state index in [9.17, 15) is 0 Å². The van der Waals surface area contributed by atoms with Crippen molar-refractivity contribution in [3.8, 4) is 44.8 Å². The van der Waals surface area contributed by atoms with Crippen LogP contribution in [0.1, 0.15) is 48.6 Å². The largest absolute Gasteiger partial charge is 0.469 e.